The fourth-order valence-corrected chi connectivity index (χ4v) is 5.09. The summed E-state index contributed by atoms with van der Waals surface area (Å²) in [6.07, 6.45) is 8.89. The van der Waals surface area contributed by atoms with Crippen LogP contribution in [0.4, 0.5) is 0 Å². The van der Waals surface area contributed by atoms with Crippen LogP contribution in [0.3, 0.4) is 0 Å². The Morgan fingerprint density at radius 1 is 1.05 bits per heavy atom. The molecule has 5 rings (SSSR count). The molecule has 4 bridgehead atoms. The molecule has 4 heteroatoms. The predicted octanol–water partition coefficient (Wildman–Crippen LogP) is 2.50. The molecule has 1 aromatic rings. The molecule has 104 valence electrons. The lowest BCUT2D eigenvalue weighted by atomic mass is 9.52. The molecule has 1 aromatic heterocycles. The molecule has 19 heavy (non-hydrogen) atoms. The van der Waals surface area contributed by atoms with Crippen molar-refractivity contribution in [3.8, 4) is 0 Å². The summed E-state index contributed by atoms with van der Waals surface area (Å²) >= 11 is 0. The molecule has 0 amide bonds. The molecule has 4 aliphatic carbocycles. The van der Waals surface area contributed by atoms with Gasteiger partial charge in [0.15, 0.2) is 5.82 Å². The van der Waals surface area contributed by atoms with Gasteiger partial charge in [0.25, 0.3) is 0 Å². The maximum absolute atomic E-state index is 5.59. The van der Waals surface area contributed by atoms with E-state index in [1.807, 2.05) is 0 Å². The van der Waals surface area contributed by atoms with Gasteiger partial charge >= 0.3 is 0 Å². The van der Waals surface area contributed by atoms with Gasteiger partial charge in [-0.25, -0.2) is 0 Å². The van der Waals surface area contributed by atoms with E-state index in [4.69, 9.17) is 10.3 Å². The summed E-state index contributed by atoms with van der Waals surface area (Å²) in [5, 5.41) is 4.14. The highest BCUT2D eigenvalue weighted by Crippen LogP contribution is 2.59. The van der Waals surface area contributed by atoms with Crippen molar-refractivity contribution in [3.63, 3.8) is 0 Å². The van der Waals surface area contributed by atoms with E-state index in [9.17, 15) is 0 Å². The zero-order chi connectivity index (χ0) is 12.8. The molecular formula is C15H23N3O. The van der Waals surface area contributed by atoms with Crippen molar-refractivity contribution in [1.82, 2.24) is 10.1 Å². The molecule has 0 saturated heterocycles. The Balaban J connectivity index is 1.54. The van der Waals surface area contributed by atoms with Gasteiger partial charge in [0.2, 0.25) is 5.89 Å². The van der Waals surface area contributed by atoms with E-state index in [0.717, 1.165) is 48.2 Å². The van der Waals surface area contributed by atoms with Gasteiger partial charge in [-0.15, -0.1) is 0 Å². The number of nitrogens with zero attached hydrogens (tertiary/aromatic N) is 2. The topological polar surface area (TPSA) is 64.9 Å². The molecule has 1 heterocycles. The lowest BCUT2D eigenvalue weighted by molar-refractivity contribution is -0.0131. The van der Waals surface area contributed by atoms with Crippen molar-refractivity contribution in [2.45, 2.75) is 50.9 Å². The van der Waals surface area contributed by atoms with Gasteiger partial charge in [0.1, 0.15) is 0 Å². The molecule has 2 N–H and O–H groups in total. The first-order chi connectivity index (χ1) is 9.33. The maximum atomic E-state index is 5.59. The van der Waals surface area contributed by atoms with Crippen LogP contribution in [0.1, 0.15) is 56.2 Å². The Kier molecular flexibility index (Phi) is 2.87. The van der Waals surface area contributed by atoms with E-state index < -0.39 is 0 Å². The molecular weight excluding hydrogens is 238 g/mol. The van der Waals surface area contributed by atoms with Gasteiger partial charge in [-0.1, -0.05) is 5.16 Å². The van der Waals surface area contributed by atoms with E-state index in [1.54, 1.807) is 0 Å². The highest BCUT2D eigenvalue weighted by molar-refractivity contribution is 5.09. The van der Waals surface area contributed by atoms with E-state index in [2.05, 4.69) is 10.1 Å². The first kappa shape index (κ1) is 11.9. The fourth-order valence-electron chi connectivity index (χ4n) is 5.09. The van der Waals surface area contributed by atoms with E-state index in [1.165, 1.54) is 32.1 Å². The Hall–Kier alpha value is -0.900. The summed E-state index contributed by atoms with van der Waals surface area (Å²) in [5.74, 6) is 5.98. The molecule has 0 unspecified atom stereocenters. The van der Waals surface area contributed by atoms with Gasteiger partial charge in [-0.2, -0.15) is 4.98 Å². The molecule has 4 aliphatic rings. The second-order valence-electron chi connectivity index (χ2n) is 6.90. The van der Waals surface area contributed by atoms with Crippen LogP contribution >= 0.6 is 0 Å². The van der Waals surface area contributed by atoms with Crippen molar-refractivity contribution < 1.29 is 4.52 Å². The van der Waals surface area contributed by atoms with Crippen LogP contribution < -0.4 is 5.73 Å². The minimum absolute atomic E-state index is 0.562. The van der Waals surface area contributed by atoms with Gasteiger partial charge in [0.05, 0.1) is 0 Å². The minimum Gasteiger partial charge on any atom is -0.339 e. The van der Waals surface area contributed by atoms with Crippen LogP contribution in [0.15, 0.2) is 4.52 Å². The number of nitrogens with two attached hydrogens (primary N) is 1. The average Bonchev–Trinajstić information content (AvgIpc) is 2.83. The average molecular weight is 261 g/mol. The summed E-state index contributed by atoms with van der Waals surface area (Å²) in [5.41, 5.74) is 5.53. The first-order valence-electron chi connectivity index (χ1n) is 7.86. The number of aromatic nitrogens is 2. The molecule has 4 saturated carbocycles. The SMILES string of the molecule is NCCCc1noc(C2C3CC4CC(C3)CC2C4)n1. The van der Waals surface area contributed by atoms with Crippen LogP contribution in [-0.4, -0.2) is 16.7 Å². The largest absolute Gasteiger partial charge is 0.339 e. The van der Waals surface area contributed by atoms with Crippen LogP contribution in [0, 0.1) is 23.7 Å². The molecule has 4 fully saturated rings. The lowest BCUT2D eigenvalue weighted by Crippen LogP contribution is -2.43. The second-order valence-corrected chi connectivity index (χ2v) is 6.90. The molecule has 0 spiro atoms. The van der Waals surface area contributed by atoms with Gasteiger partial charge in [-0.05, 0) is 68.7 Å². The van der Waals surface area contributed by atoms with Crippen molar-refractivity contribution in [2.24, 2.45) is 29.4 Å². The Labute approximate surface area is 114 Å². The number of rotatable bonds is 4. The van der Waals surface area contributed by atoms with Crippen LogP contribution in [-0.2, 0) is 6.42 Å². The monoisotopic (exact) mass is 261 g/mol. The van der Waals surface area contributed by atoms with Crippen LogP contribution in [0.25, 0.3) is 0 Å². The van der Waals surface area contributed by atoms with Crippen molar-refractivity contribution in [3.05, 3.63) is 11.7 Å². The molecule has 0 aromatic carbocycles. The Bertz CT molecular complexity index is 428. The third-order valence-electron chi connectivity index (χ3n) is 5.60. The summed E-state index contributed by atoms with van der Waals surface area (Å²) in [4.78, 5) is 4.66. The standard InChI is InChI=1S/C15H23N3O/c16-3-1-2-13-17-15(19-18-13)14-11-5-9-4-10(7-11)8-12(14)6-9/h9-12,14H,1-8,16H2. The quantitative estimate of drug-likeness (QED) is 0.904. The number of hydrogen-bond donors (Lipinski definition) is 1. The summed E-state index contributed by atoms with van der Waals surface area (Å²) in [7, 11) is 0. The lowest BCUT2D eigenvalue weighted by Gasteiger charge is -2.53. The fraction of sp³-hybridized carbons (Fsp3) is 0.867. The molecule has 4 nitrogen and oxygen atoms in total. The molecule has 0 aliphatic heterocycles. The number of aryl methyl sites for hydroxylation is 1. The Morgan fingerprint density at radius 3 is 2.37 bits per heavy atom. The van der Waals surface area contributed by atoms with Gasteiger partial charge in [-0.3, -0.25) is 0 Å². The van der Waals surface area contributed by atoms with Crippen LogP contribution in [0.2, 0.25) is 0 Å². The molecule has 0 radical (unpaired) electrons. The third-order valence-corrected chi connectivity index (χ3v) is 5.60. The zero-order valence-corrected chi connectivity index (χ0v) is 11.4. The van der Waals surface area contributed by atoms with Gasteiger partial charge in [0, 0.05) is 12.3 Å². The van der Waals surface area contributed by atoms with E-state index in [-0.39, 0.29) is 0 Å². The van der Waals surface area contributed by atoms with Crippen molar-refractivity contribution >= 4 is 0 Å². The van der Waals surface area contributed by atoms with Crippen molar-refractivity contribution in [1.29, 1.82) is 0 Å². The normalized spacial score (nSPS) is 39.9. The van der Waals surface area contributed by atoms with Gasteiger partial charge < -0.3 is 10.3 Å². The zero-order valence-electron chi connectivity index (χ0n) is 11.4. The highest BCUT2D eigenvalue weighted by atomic mass is 16.5. The summed E-state index contributed by atoms with van der Waals surface area (Å²) < 4.78 is 5.59. The maximum Gasteiger partial charge on any atom is 0.230 e. The summed E-state index contributed by atoms with van der Waals surface area (Å²) in [6.45, 7) is 0.696. The second kappa shape index (κ2) is 4.58. The van der Waals surface area contributed by atoms with Crippen molar-refractivity contribution in [2.75, 3.05) is 6.54 Å². The first-order valence-corrected chi connectivity index (χ1v) is 7.86. The van der Waals surface area contributed by atoms with Crippen LogP contribution in [0.5, 0.6) is 0 Å². The predicted molar refractivity (Wildman–Crippen MR) is 71.5 cm³/mol. The highest BCUT2D eigenvalue weighted by Gasteiger charge is 2.50. The molecule has 0 atom stereocenters. The van der Waals surface area contributed by atoms with E-state index >= 15 is 0 Å². The summed E-state index contributed by atoms with van der Waals surface area (Å²) in [6, 6.07) is 0. The number of hydrogen-bond acceptors (Lipinski definition) is 4. The third kappa shape index (κ3) is 2.00. The minimum atomic E-state index is 0.562. The smallest absolute Gasteiger partial charge is 0.230 e. The van der Waals surface area contributed by atoms with E-state index in [0.29, 0.717) is 12.5 Å². The Morgan fingerprint density at radius 2 is 1.74 bits per heavy atom.